The van der Waals surface area contributed by atoms with Gasteiger partial charge >= 0.3 is 0 Å². The van der Waals surface area contributed by atoms with Crippen molar-refractivity contribution in [2.24, 2.45) is 11.1 Å². The van der Waals surface area contributed by atoms with Crippen molar-refractivity contribution in [2.45, 2.75) is 32.8 Å². The molecule has 0 unspecified atom stereocenters. The molecular weight excluding hydrogens is 308 g/mol. The molecule has 0 radical (unpaired) electrons. The molecule has 24 heavy (non-hydrogen) atoms. The molecule has 1 aromatic heterocycles. The van der Waals surface area contributed by atoms with Gasteiger partial charge in [-0.15, -0.1) is 0 Å². The van der Waals surface area contributed by atoms with E-state index in [1.54, 1.807) is 4.90 Å². The van der Waals surface area contributed by atoms with Crippen LogP contribution in [0.3, 0.4) is 0 Å². The maximum absolute atomic E-state index is 11.8. The Morgan fingerprint density at radius 1 is 1.21 bits per heavy atom. The zero-order valence-electron chi connectivity index (χ0n) is 13.6. The quantitative estimate of drug-likeness (QED) is 0.866. The normalized spacial score (nSPS) is 23.5. The van der Waals surface area contributed by atoms with Crippen molar-refractivity contribution in [3.8, 4) is 11.4 Å². The van der Waals surface area contributed by atoms with Gasteiger partial charge < -0.3 is 14.3 Å². The van der Waals surface area contributed by atoms with Gasteiger partial charge in [0.05, 0.1) is 0 Å². The van der Waals surface area contributed by atoms with Crippen molar-refractivity contribution in [3.05, 3.63) is 30.2 Å². The predicted molar refractivity (Wildman–Crippen MR) is 87.6 cm³/mol. The summed E-state index contributed by atoms with van der Waals surface area (Å²) in [4.78, 5) is 23.3. The Morgan fingerprint density at radius 2 is 2.00 bits per heavy atom. The topological polar surface area (TPSA) is 80.8 Å². The number of amides is 1. The van der Waals surface area contributed by atoms with Crippen LogP contribution >= 0.6 is 0 Å². The van der Waals surface area contributed by atoms with E-state index in [0.717, 1.165) is 24.2 Å². The van der Waals surface area contributed by atoms with E-state index in [1.807, 2.05) is 38.1 Å². The molecule has 124 valence electrons. The van der Waals surface area contributed by atoms with Gasteiger partial charge in [-0.25, -0.2) is 0 Å². The molecule has 2 aromatic rings. The Kier molecular flexibility index (Phi) is 3.55. The molecule has 4 rings (SSSR count). The third kappa shape index (κ3) is 2.46. The zero-order chi connectivity index (χ0) is 16.7. The lowest BCUT2D eigenvalue weighted by atomic mass is 10.0. The monoisotopic (exact) mass is 326 g/mol. The molecule has 0 bridgehead atoms. The third-order valence-electron chi connectivity index (χ3n) is 4.61. The first-order valence-electron chi connectivity index (χ1n) is 8.12. The Balaban J connectivity index is 1.56. The number of anilines is 1. The summed E-state index contributed by atoms with van der Waals surface area (Å²) in [5.41, 5.74) is 2.42. The smallest absolute Gasteiger partial charge is 0.276 e. The van der Waals surface area contributed by atoms with Crippen LogP contribution < -0.4 is 4.90 Å². The van der Waals surface area contributed by atoms with Crippen LogP contribution in [0.15, 0.2) is 33.9 Å². The summed E-state index contributed by atoms with van der Waals surface area (Å²) in [5.74, 6) is 1.17. The van der Waals surface area contributed by atoms with Crippen LogP contribution in [0.4, 0.5) is 5.69 Å². The summed E-state index contributed by atoms with van der Waals surface area (Å²) in [7, 11) is 0. The first-order valence-corrected chi connectivity index (χ1v) is 8.12. The maximum atomic E-state index is 11.8. The van der Waals surface area contributed by atoms with Crippen LogP contribution in [0.5, 0.6) is 0 Å². The van der Waals surface area contributed by atoms with Crippen LogP contribution in [0.25, 0.3) is 11.4 Å². The van der Waals surface area contributed by atoms with Gasteiger partial charge in [0.2, 0.25) is 11.7 Å². The van der Waals surface area contributed by atoms with Crippen molar-refractivity contribution in [3.63, 3.8) is 0 Å². The van der Waals surface area contributed by atoms with E-state index in [0.29, 0.717) is 23.8 Å². The molecular formula is C17H18N4O3. The molecule has 1 aromatic carbocycles. The highest BCUT2D eigenvalue weighted by Gasteiger charge is 2.31. The molecule has 1 amide bonds. The molecule has 0 saturated carbocycles. The summed E-state index contributed by atoms with van der Waals surface area (Å²) in [6.07, 6.45) is 1.54. The van der Waals surface area contributed by atoms with E-state index in [-0.39, 0.29) is 17.9 Å². The molecule has 1 saturated heterocycles. The number of oxime groups is 1. The van der Waals surface area contributed by atoms with Crippen molar-refractivity contribution in [1.82, 2.24) is 10.1 Å². The second kappa shape index (κ2) is 5.74. The molecule has 3 heterocycles. The fraction of sp³-hybridized carbons (Fsp3) is 0.412. The largest absolute Gasteiger partial charge is 0.392 e. The number of carbonyl (C=O) groups excluding carboxylic acids is 1. The van der Waals surface area contributed by atoms with Gasteiger partial charge in [-0.1, -0.05) is 17.2 Å². The molecule has 0 spiro atoms. The molecule has 1 fully saturated rings. The Labute approximate surface area is 139 Å². The van der Waals surface area contributed by atoms with Crippen molar-refractivity contribution >= 4 is 17.3 Å². The van der Waals surface area contributed by atoms with E-state index >= 15 is 0 Å². The SMILES string of the molecule is C[C@@H]1ON=C(c2nc(-c3ccc(N4CCCC4=O)cc3)no2)[C@H]1C. The number of aromatic nitrogens is 2. The van der Waals surface area contributed by atoms with Crippen LogP contribution in [0.1, 0.15) is 32.6 Å². The van der Waals surface area contributed by atoms with E-state index < -0.39 is 0 Å². The lowest BCUT2D eigenvalue weighted by Crippen LogP contribution is -2.23. The number of hydrogen-bond acceptors (Lipinski definition) is 6. The van der Waals surface area contributed by atoms with Crippen molar-refractivity contribution < 1.29 is 14.2 Å². The highest BCUT2D eigenvalue weighted by atomic mass is 16.6. The van der Waals surface area contributed by atoms with Gasteiger partial charge in [0.1, 0.15) is 6.10 Å². The number of rotatable bonds is 3. The lowest BCUT2D eigenvalue weighted by Gasteiger charge is -2.15. The number of hydrogen-bond donors (Lipinski definition) is 0. The average Bonchev–Trinajstić information content (AvgIpc) is 3.30. The first kappa shape index (κ1) is 14.9. The Bertz CT molecular complexity index is 796. The van der Waals surface area contributed by atoms with Gasteiger partial charge in [-0.3, -0.25) is 4.79 Å². The fourth-order valence-electron chi connectivity index (χ4n) is 2.93. The standard InChI is InChI=1S/C17H18N4O3/c1-10-11(2)23-19-15(10)17-18-16(20-24-17)12-5-7-13(8-6-12)21-9-3-4-14(21)22/h5-8,10-11H,3-4,9H2,1-2H3/t10-,11-/m0/s1. The highest BCUT2D eigenvalue weighted by Crippen LogP contribution is 2.26. The summed E-state index contributed by atoms with van der Waals surface area (Å²) in [6.45, 7) is 4.75. The molecule has 0 N–H and O–H groups in total. The van der Waals surface area contributed by atoms with E-state index in [4.69, 9.17) is 9.36 Å². The Morgan fingerprint density at radius 3 is 2.62 bits per heavy atom. The molecule has 0 aliphatic carbocycles. The van der Waals surface area contributed by atoms with Crippen LogP contribution in [-0.2, 0) is 9.63 Å². The maximum Gasteiger partial charge on any atom is 0.276 e. The summed E-state index contributed by atoms with van der Waals surface area (Å²) in [5, 5.41) is 8.06. The molecule has 7 heteroatoms. The minimum Gasteiger partial charge on any atom is -0.392 e. The summed E-state index contributed by atoms with van der Waals surface area (Å²) >= 11 is 0. The first-order chi connectivity index (χ1) is 11.6. The fourth-order valence-corrected chi connectivity index (χ4v) is 2.93. The van der Waals surface area contributed by atoms with Crippen LogP contribution in [0.2, 0.25) is 0 Å². The second-order valence-corrected chi connectivity index (χ2v) is 6.19. The number of carbonyl (C=O) groups is 1. The molecule has 7 nitrogen and oxygen atoms in total. The molecule has 2 aliphatic heterocycles. The van der Waals surface area contributed by atoms with Gasteiger partial charge in [0.15, 0.2) is 5.71 Å². The third-order valence-corrected chi connectivity index (χ3v) is 4.61. The minimum absolute atomic E-state index is 0.00707. The highest BCUT2D eigenvalue weighted by molar-refractivity contribution is 5.99. The summed E-state index contributed by atoms with van der Waals surface area (Å²) in [6, 6.07) is 7.62. The van der Waals surface area contributed by atoms with Gasteiger partial charge in [0.25, 0.3) is 5.89 Å². The lowest BCUT2D eigenvalue weighted by molar-refractivity contribution is -0.117. The average molecular weight is 326 g/mol. The minimum atomic E-state index is 0.00707. The van der Waals surface area contributed by atoms with Crippen molar-refractivity contribution in [2.75, 3.05) is 11.4 Å². The predicted octanol–water partition coefficient (Wildman–Crippen LogP) is 2.62. The number of benzene rings is 1. The molecule has 2 atom stereocenters. The van der Waals surface area contributed by atoms with E-state index in [2.05, 4.69) is 15.3 Å². The Hall–Kier alpha value is -2.70. The van der Waals surface area contributed by atoms with Gasteiger partial charge in [-0.05, 0) is 37.6 Å². The van der Waals surface area contributed by atoms with Crippen molar-refractivity contribution in [1.29, 1.82) is 0 Å². The number of nitrogens with zero attached hydrogens (tertiary/aromatic N) is 4. The van der Waals surface area contributed by atoms with Crippen LogP contribution in [-0.4, -0.2) is 34.4 Å². The van der Waals surface area contributed by atoms with Gasteiger partial charge in [-0.2, -0.15) is 4.98 Å². The second-order valence-electron chi connectivity index (χ2n) is 6.19. The van der Waals surface area contributed by atoms with Crippen LogP contribution in [0, 0.1) is 5.92 Å². The van der Waals surface area contributed by atoms with Gasteiger partial charge in [0, 0.05) is 30.1 Å². The molecule has 2 aliphatic rings. The van der Waals surface area contributed by atoms with E-state index in [1.165, 1.54) is 0 Å². The zero-order valence-corrected chi connectivity index (χ0v) is 13.6. The summed E-state index contributed by atoms with van der Waals surface area (Å²) < 4.78 is 5.33. The van der Waals surface area contributed by atoms with E-state index in [9.17, 15) is 4.79 Å².